The number of benzene rings is 1. The van der Waals surface area contributed by atoms with Crippen molar-refractivity contribution in [3.8, 4) is 5.75 Å². The molecule has 0 atom stereocenters. The van der Waals surface area contributed by atoms with Gasteiger partial charge in [0, 0.05) is 5.56 Å². The summed E-state index contributed by atoms with van der Waals surface area (Å²) in [4.78, 5) is 10.6. The molecule has 0 heterocycles. The van der Waals surface area contributed by atoms with E-state index < -0.39 is 0 Å². The Morgan fingerprint density at radius 2 is 2.07 bits per heavy atom. The van der Waals surface area contributed by atoms with Crippen LogP contribution >= 0.6 is 0 Å². The van der Waals surface area contributed by atoms with Crippen molar-refractivity contribution in [1.29, 1.82) is 0 Å². The number of hydrogen-bond donors (Lipinski definition) is 0. The van der Waals surface area contributed by atoms with Crippen LogP contribution in [0.15, 0.2) is 18.2 Å². The maximum absolute atomic E-state index is 10.6. The van der Waals surface area contributed by atoms with Crippen LogP contribution in [0.5, 0.6) is 5.75 Å². The lowest BCUT2D eigenvalue weighted by molar-refractivity contribution is 0.112. The number of aldehydes is 1. The van der Waals surface area contributed by atoms with Crippen molar-refractivity contribution < 1.29 is 9.53 Å². The van der Waals surface area contributed by atoms with Crippen molar-refractivity contribution in [2.75, 3.05) is 0 Å². The van der Waals surface area contributed by atoms with Gasteiger partial charge in [-0.15, -0.1) is 0 Å². The van der Waals surface area contributed by atoms with E-state index in [1.54, 1.807) is 0 Å². The van der Waals surface area contributed by atoms with E-state index in [-0.39, 0.29) is 0 Å². The third-order valence-corrected chi connectivity index (χ3v) is 2.97. The highest BCUT2D eigenvalue weighted by atomic mass is 16.5. The van der Waals surface area contributed by atoms with Crippen LogP contribution in [0.25, 0.3) is 0 Å². The molecule has 0 aromatic heterocycles. The lowest BCUT2D eigenvalue weighted by Gasteiger charge is -2.13. The quantitative estimate of drug-likeness (QED) is 0.707. The summed E-state index contributed by atoms with van der Waals surface area (Å²) >= 11 is 0. The van der Waals surface area contributed by atoms with E-state index in [0.717, 1.165) is 36.0 Å². The maximum Gasteiger partial charge on any atom is 0.150 e. The topological polar surface area (TPSA) is 26.3 Å². The molecule has 0 radical (unpaired) electrons. The summed E-state index contributed by atoms with van der Waals surface area (Å²) in [7, 11) is 0. The van der Waals surface area contributed by atoms with Crippen molar-refractivity contribution in [3.63, 3.8) is 0 Å². The maximum atomic E-state index is 10.6. The van der Waals surface area contributed by atoms with Gasteiger partial charge in [-0.1, -0.05) is 0 Å². The summed E-state index contributed by atoms with van der Waals surface area (Å²) in [5, 5.41) is 0. The molecule has 2 rings (SSSR count). The van der Waals surface area contributed by atoms with E-state index >= 15 is 0 Å². The van der Waals surface area contributed by atoms with Gasteiger partial charge in [0.25, 0.3) is 0 Å². The minimum absolute atomic E-state index is 0.381. The van der Waals surface area contributed by atoms with Gasteiger partial charge >= 0.3 is 0 Å². The first kappa shape index (κ1) is 10.2. The monoisotopic (exact) mass is 204 g/mol. The lowest BCUT2D eigenvalue weighted by atomic mass is 10.1. The summed E-state index contributed by atoms with van der Waals surface area (Å²) in [5.74, 6) is 0.894. The van der Waals surface area contributed by atoms with Crippen LogP contribution in [-0.4, -0.2) is 12.4 Å². The average molecular weight is 204 g/mol. The van der Waals surface area contributed by atoms with E-state index in [4.69, 9.17) is 4.74 Å². The van der Waals surface area contributed by atoms with Gasteiger partial charge in [-0.05, 0) is 56.4 Å². The fourth-order valence-electron chi connectivity index (χ4n) is 2.05. The number of hydrogen-bond acceptors (Lipinski definition) is 2. The smallest absolute Gasteiger partial charge is 0.150 e. The predicted octanol–water partition coefficient (Wildman–Crippen LogP) is 3.13. The number of ether oxygens (including phenoxy) is 1. The van der Waals surface area contributed by atoms with Crippen molar-refractivity contribution in [3.05, 3.63) is 29.3 Å². The molecule has 1 aromatic carbocycles. The second kappa shape index (κ2) is 4.47. The molecule has 1 fully saturated rings. The predicted molar refractivity (Wildman–Crippen MR) is 59.5 cm³/mol. The SMILES string of the molecule is Cc1cc(OC2CCCC2)ccc1C=O. The first-order valence-corrected chi connectivity index (χ1v) is 5.52. The fourth-order valence-corrected chi connectivity index (χ4v) is 2.05. The van der Waals surface area contributed by atoms with Crippen LogP contribution in [0.3, 0.4) is 0 Å². The van der Waals surface area contributed by atoms with Gasteiger partial charge in [0.1, 0.15) is 12.0 Å². The molecule has 1 saturated carbocycles. The van der Waals surface area contributed by atoms with Crippen LogP contribution in [-0.2, 0) is 0 Å². The van der Waals surface area contributed by atoms with Crippen molar-refractivity contribution in [2.45, 2.75) is 38.7 Å². The second-order valence-corrected chi connectivity index (χ2v) is 4.16. The summed E-state index contributed by atoms with van der Waals surface area (Å²) in [5.41, 5.74) is 1.73. The molecule has 0 N–H and O–H groups in total. The minimum atomic E-state index is 0.381. The van der Waals surface area contributed by atoms with Gasteiger partial charge in [0.05, 0.1) is 6.10 Å². The molecule has 1 aliphatic rings. The van der Waals surface area contributed by atoms with Gasteiger partial charge in [-0.2, -0.15) is 0 Å². The zero-order valence-electron chi connectivity index (χ0n) is 9.03. The summed E-state index contributed by atoms with van der Waals surface area (Å²) in [6, 6.07) is 5.66. The van der Waals surface area contributed by atoms with Crippen LogP contribution in [0.2, 0.25) is 0 Å². The highest BCUT2D eigenvalue weighted by molar-refractivity contribution is 5.77. The molecule has 2 heteroatoms. The molecule has 1 aliphatic carbocycles. The highest BCUT2D eigenvalue weighted by Gasteiger charge is 2.16. The van der Waals surface area contributed by atoms with Crippen LogP contribution in [0, 0.1) is 6.92 Å². The van der Waals surface area contributed by atoms with Crippen LogP contribution < -0.4 is 4.74 Å². The van der Waals surface area contributed by atoms with Crippen LogP contribution in [0.1, 0.15) is 41.6 Å². The van der Waals surface area contributed by atoms with Crippen LogP contribution in [0.4, 0.5) is 0 Å². The summed E-state index contributed by atoms with van der Waals surface area (Å²) in [6.45, 7) is 1.94. The number of aryl methyl sites for hydroxylation is 1. The summed E-state index contributed by atoms with van der Waals surface area (Å²) < 4.78 is 5.84. The lowest BCUT2D eigenvalue weighted by Crippen LogP contribution is -2.10. The second-order valence-electron chi connectivity index (χ2n) is 4.16. The Balaban J connectivity index is 2.08. The van der Waals surface area contributed by atoms with Gasteiger partial charge in [-0.3, -0.25) is 4.79 Å². The molecule has 0 spiro atoms. The van der Waals surface area contributed by atoms with E-state index in [0.29, 0.717) is 6.10 Å². The standard InChI is InChI=1S/C13H16O2/c1-10-8-13(7-6-11(10)9-14)15-12-4-2-3-5-12/h6-9,12H,2-5H2,1H3. The Labute approximate surface area is 90.3 Å². The Morgan fingerprint density at radius 1 is 1.33 bits per heavy atom. The molecular weight excluding hydrogens is 188 g/mol. The normalized spacial score (nSPS) is 16.6. The fraction of sp³-hybridized carbons (Fsp3) is 0.462. The van der Waals surface area contributed by atoms with E-state index in [1.807, 2.05) is 25.1 Å². The third-order valence-electron chi connectivity index (χ3n) is 2.97. The molecule has 2 nitrogen and oxygen atoms in total. The zero-order chi connectivity index (χ0) is 10.7. The minimum Gasteiger partial charge on any atom is -0.490 e. The van der Waals surface area contributed by atoms with Crippen molar-refractivity contribution >= 4 is 6.29 Å². The molecule has 15 heavy (non-hydrogen) atoms. The van der Waals surface area contributed by atoms with E-state index in [1.165, 1.54) is 12.8 Å². The van der Waals surface area contributed by atoms with Gasteiger partial charge in [-0.25, -0.2) is 0 Å². The zero-order valence-corrected chi connectivity index (χ0v) is 9.03. The molecule has 1 aromatic rings. The Bertz CT molecular complexity index is 352. The van der Waals surface area contributed by atoms with Gasteiger partial charge < -0.3 is 4.74 Å². The molecule has 0 aliphatic heterocycles. The largest absolute Gasteiger partial charge is 0.490 e. The number of carbonyl (C=O) groups is 1. The molecule has 80 valence electrons. The third kappa shape index (κ3) is 2.38. The Hall–Kier alpha value is -1.31. The van der Waals surface area contributed by atoms with E-state index in [9.17, 15) is 4.79 Å². The van der Waals surface area contributed by atoms with E-state index in [2.05, 4.69) is 0 Å². The number of carbonyl (C=O) groups excluding carboxylic acids is 1. The highest BCUT2D eigenvalue weighted by Crippen LogP contribution is 2.25. The van der Waals surface area contributed by atoms with Gasteiger partial charge in [0.2, 0.25) is 0 Å². The molecule has 0 bridgehead atoms. The summed E-state index contributed by atoms with van der Waals surface area (Å²) in [6.07, 6.45) is 6.13. The van der Waals surface area contributed by atoms with Crippen molar-refractivity contribution in [2.24, 2.45) is 0 Å². The molecule has 0 amide bonds. The first-order chi connectivity index (χ1) is 7.29. The molecule has 0 saturated heterocycles. The Kier molecular flexibility index (Phi) is 3.05. The Morgan fingerprint density at radius 3 is 2.67 bits per heavy atom. The number of rotatable bonds is 3. The molecular formula is C13H16O2. The average Bonchev–Trinajstić information content (AvgIpc) is 2.71. The van der Waals surface area contributed by atoms with Crippen molar-refractivity contribution in [1.82, 2.24) is 0 Å². The molecule has 0 unspecified atom stereocenters. The van der Waals surface area contributed by atoms with Gasteiger partial charge in [0.15, 0.2) is 0 Å². The first-order valence-electron chi connectivity index (χ1n) is 5.52.